The number of fused-ring (bicyclic) bond motifs is 2. The van der Waals surface area contributed by atoms with Crippen LogP contribution in [0.25, 0.3) is 33.3 Å². The molecule has 0 saturated heterocycles. The lowest BCUT2D eigenvalue weighted by Crippen LogP contribution is -2.17. The van der Waals surface area contributed by atoms with Crippen LogP contribution in [0.1, 0.15) is 11.7 Å². The van der Waals surface area contributed by atoms with Crippen LogP contribution in [0.3, 0.4) is 0 Å². The third-order valence-electron chi connectivity index (χ3n) is 4.96. The van der Waals surface area contributed by atoms with Gasteiger partial charge in [-0.3, -0.25) is 9.89 Å². The van der Waals surface area contributed by atoms with E-state index in [1.165, 1.54) is 0 Å². The van der Waals surface area contributed by atoms with Crippen molar-refractivity contribution < 1.29 is 5.11 Å². The van der Waals surface area contributed by atoms with Crippen molar-refractivity contribution in [2.45, 2.75) is 6.10 Å². The molecule has 0 aliphatic rings. The number of benzene rings is 2. The molecule has 5 aromatic rings. The van der Waals surface area contributed by atoms with Gasteiger partial charge in [-0.2, -0.15) is 5.10 Å². The first-order valence-electron chi connectivity index (χ1n) is 9.31. The fraction of sp³-hybridized carbons (Fsp3) is 0.0952. The van der Waals surface area contributed by atoms with Gasteiger partial charge in [0.05, 0.1) is 34.5 Å². The van der Waals surface area contributed by atoms with E-state index in [-0.39, 0.29) is 12.1 Å². The number of rotatable bonds is 5. The Morgan fingerprint density at radius 1 is 1.17 bits per heavy atom. The quantitative estimate of drug-likeness (QED) is 0.297. The SMILES string of the molecule is O=c1[nH]ccc(NCC(O)c2cccc(Cl)c2)c1-c1nc2cc3cn[nH]c3cc2[nH]1. The molecule has 0 spiro atoms. The molecule has 0 aliphatic heterocycles. The van der Waals surface area contributed by atoms with Crippen molar-refractivity contribution in [3.8, 4) is 11.4 Å². The van der Waals surface area contributed by atoms with Gasteiger partial charge in [0.2, 0.25) is 0 Å². The molecule has 0 bridgehead atoms. The largest absolute Gasteiger partial charge is 0.387 e. The smallest absolute Gasteiger partial charge is 0.261 e. The van der Waals surface area contributed by atoms with Gasteiger partial charge in [-0.15, -0.1) is 0 Å². The molecule has 3 aromatic heterocycles. The molecule has 5 N–H and O–H groups in total. The van der Waals surface area contributed by atoms with Gasteiger partial charge in [0.1, 0.15) is 11.4 Å². The summed E-state index contributed by atoms with van der Waals surface area (Å²) in [5.41, 5.74) is 3.72. The van der Waals surface area contributed by atoms with Crippen molar-refractivity contribution in [2.24, 2.45) is 0 Å². The van der Waals surface area contributed by atoms with E-state index in [1.54, 1.807) is 42.7 Å². The van der Waals surface area contributed by atoms with Crippen molar-refractivity contribution in [3.05, 3.63) is 75.8 Å². The Balaban J connectivity index is 1.49. The molecule has 0 amide bonds. The maximum atomic E-state index is 12.6. The zero-order valence-corrected chi connectivity index (χ0v) is 16.4. The molecule has 9 heteroatoms. The topological polar surface area (TPSA) is 122 Å². The standard InChI is InChI=1S/C21H17ClN6O2/c22-13-3-1-2-11(6-13)18(29)10-24-14-4-5-23-21(30)19(14)20-26-16-7-12-9-25-28-15(12)8-17(16)27-20/h1-9,18,29H,10H2,(H,25,28)(H,26,27)(H2,23,24,30). The number of aromatic amines is 3. The molecule has 0 aliphatic carbocycles. The molecule has 0 radical (unpaired) electrons. The van der Waals surface area contributed by atoms with Crippen LogP contribution in [-0.2, 0) is 0 Å². The number of aliphatic hydroxyl groups is 1. The number of halogens is 1. The minimum atomic E-state index is -0.792. The van der Waals surface area contributed by atoms with Crippen LogP contribution in [0.5, 0.6) is 0 Å². The van der Waals surface area contributed by atoms with Gasteiger partial charge < -0.3 is 20.4 Å². The van der Waals surface area contributed by atoms with Crippen LogP contribution < -0.4 is 10.9 Å². The van der Waals surface area contributed by atoms with Crippen molar-refractivity contribution in [1.29, 1.82) is 0 Å². The van der Waals surface area contributed by atoms with Crippen LogP contribution in [0.4, 0.5) is 5.69 Å². The number of aromatic nitrogens is 5. The lowest BCUT2D eigenvalue weighted by atomic mass is 10.1. The Labute approximate surface area is 174 Å². The van der Waals surface area contributed by atoms with E-state index in [0.717, 1.165) is 21.9 Å². The van der Waals surface area contributed by atoms with Gasteiger partial charge in [-0.05, 0) is 35.9 Å². The van der Waals surface area contributed by atoms with Crippen LogP contribution in [0.2, 0.25) is 5.02 Å². The Morgan fingerprint density at radius 2 is 2.07 bits per heavy atom. The summed E-state index contributed by atoms with van der Waals surface area (Å²) in [4.78, 5) is 23.1. The number of aliphatic hydroxyl groups excluding tert-OH is 1. The molecule has 1 unspecified atom stereocenters. The van der Waals surface area contributed by atoms with Crippen LogP contribution in [-0.4, -0.2) is 36.8 Å². The highest BCUT2D eigenvalue weighted by Crippen LogP contribution is 2.27. The minimum absolute atomic E-state index is 0.200. The van der Waals surface area contributed by atoms with E-state index in [0.29, 0.717) is 27.7 Å². The van der Waals surface area contributed by atoms with E-state index in [4.69, 9.17) is 11.6 Å². The normalized spacial score (nSPS) is 12.5. The minimum Gasteiger partial charge on any atom is -0.387 e. The number of nitrogens with one attached hydrogen (secondary N) is 4. The number of hydrogen-bond donors (Lipinski definition) is 5. The van der Waals surface area contributed by atoms with Gasteiger partial charge in [0, 0.05) is 23.2 Å². The van der Waals surface area contributed by atoms with E-state index in [1.807, 2.05) is 12.1 Å². The zero-order valence-electron chi connectivity index (χ0n) is 15.6. The Hall–Kier alpha value is -3.62. The molecular weight excluding hydrogens is 404 g/mol. The first-order chi connectivity index (χ1) is 14.6. The van der Waals surface area contributed by atoms with Gasteiger partial charge in [0.15, 0.2) is 0 Å². The van der Waals surface area contributed by atoms with Gasteiger partial charge >= 0.3 is 0 Å². The number of anilines is 1. The molecule has 0 fully saturated rings. The van der Waals surface area contributed by atoms with Crippen molar-refractivity contribution in [2.75, 3.05) is 11.9 Å². The Kier molecular flexibility index (Phi) is 4.50. The van der Waals surface area contributed by atoms with E-state index in [2.05, 4.69) is 30.5 Å². The van der Waals surface area contributed by atoms with Crippen molar-refractivity contribution in [3.63, 3.8) is 0 Å². The Bertz CT molecular complexity index is 1370. The van der Waals surface area contributed by atoms with E-state index >= 15 is 0 Å². The number of pyridine rings is 1. The first kappa shape index (κ1) is 18.4. The second kappa shape index (κ2) is 7.33. The van der Waals surface area contributed by atoms with E-state index < -0.39 is 6.10 Å². The number of hydrogen-bond acceptors (Lipinski definition) is 5. The van der Waals surface area contributed by atoms with Crippen molar-refractivity contribution >= 4 is 39.2 Å². The summed E-state index contributed by atoms with van der Waals surface area (Å²) in [6, 6.07) is 12.6. The summed E-state index contributed by atoms with van der Waals surface area (Å²) < 4.78 is 0. The summed E-state index contributed by atoms with van der Waals surface area (Å²) in [7, 11) is 0. The van der Waals surface area contributed by atoms with Gasteiger partial charge in [-0.1, -0.05) is 23.7 Å². The summed E-state index contributed by atoms with van der Waals surface area (Å²) in [5.74, 6) is 0.437. The molecule has 2 aromatic carbocycles. The molecular formula is C21H17ClN6O2. The molecule has 30 heavy (non-hydrogen) atoms. The Morgan fingerprint density at radius 3 is 2.93 bits per heavy atom. The fourth-order valence-electron chi connectivity index (χ4n) is 3.47. The highest BCUT2D eigenvalue weighted by atomic mass is 35.5. The van der Waals surface area contributed by atoms with Gasteiger partial charge in [-0.25, -0.2) is 4.98 Å². The van der Waals surface area contributed by atoms with Crippen LogP contribution >= 0.6 is 11.6 Å². The monoisotopic (exact) mass is 420 g/mol. The van der Waals surface area contributed by atoms with E-state index in [9.17, 15) is 9.90 Å². The third-order valence-corrected chi connectivity index (χ3v) is 5.19. The predicted molar refractivity (Wildman–Crippen MR) is 117 cm³/mol. The molecule has 0 saturated carbocycles. The maximum Gasteiger partial charge on any atom is 0.261 e. The second-order valence-electron chi connectivity index (χ2n) is 6.96. The first-order valence-corrected chi connectivity index (χ1v) is 9.68. The maximum absolute atomic E-state index is 12.6. The van der Waals surface area contributed by atoms with Gasteiger partial charge in [0.25, 0.3) is 5.56 Å². The lowest BCUT2D eigenvalue weighted by molar-refractivity contribution is 0.191. The highest BCUT2D eigenvalue weighted by Gasteiger charge is 2.16. The average molecular weight is 421 g/mol. The summed E-state index contributed by atoms with van der Waals surface area (Å²) in [5, 5.41) is 22.1. The second-order valence-corrected chi connectivity index (χ2v) is 7.40. The predicted octanol–water partition coefficient (Wildman–Crippen LogP) is 3.59. The summed E-state index contributed by atoms with van der Waals surface area (Å²) >= 11 is 6.01. The average Bonchev–Trinajstić information content (AvgIpc) is 3.35. The van der Waals surface area contributed by atoms with Crippen LogP contribution in [0.15, 0.2) is 59.7 Å². The number of nitrogens with zero attached hydrogens (tertiary/aromatic N) is 2. The molecule has 1 atom stereocenters. The van der Waals surface area contributed by atoms with Crippen LogP contribution in [0, 0.1) is 0 Å². The molecule has 150 valence electrons. The zero-order chi connectivity index (χ0) is 20.7. The number of H-pyrrole nitrogens is 3. The number of imidazole rings is 1. The molecule has 8 nitrogen and oxygen atoms in total. The molecule has 5 rings (SSSR count). The highest BCUT2D eigenvalue weighted by molar-refractivity contribution is 6.30. The lowest BCUT2D eigenvalue weighted by Gasteiger charge is -2.15. The summed E-state index contributed by atoms with van der Waals surface area (Å²) in [6.45, 7) is 0.200. The van der Waals surface area contributed by atoms with Crippen molar-refractivity contribution in [1.82, 2.24) is 25.1 Å². The summed E-state index contributed by atoms with van der Waals surface area (Å²) in [6.07, 6.45) is 2.49. The third kappa shape index (κ3) is 3.32. The molecule has 3 heterocycles. The fourth-order valence-corrected chi connectivity index (χ4v) is 3.66.